The second-order valence-electron chi connectivity index (χ2n) is 8.76. The normalized spacial score (nSPS) is 16.6. The Morgan fingerprint density at radius 2 is 1.62 bits per heavy atom. The molecule has 2 amide bonds. The average molecular weight is 478 g/mol. The first-order valence-corrected chi connectivity index (χ1v) is 13.1. The number of likely N-dealkylation sites (tertiary alicyclic amines) is 1. The zero-order chi connectivity index (χ0) is 23.7. The van der Waals surface area contributed by atoms with E-state index < -0.39 is 10.0 Å². The van der Waals surface area contributed by atoms with E-state index in [0.717, 1.165) is 43.1 Å². The Balaban J connectivity index is 1.25. The van der Waals surface area contributed by atoms with Crippen molar-refractivity contribution in [3.8, 4) is 0 Å². The second kappa shape index (κ2) is 9.10. The molecule has 0 aromatic heterocycles. The Morgan fingerprint density at radius 3 is 2.41 bits per heavy atom. The van der Waals surface area contributed by atoms with E-state index in [9.17, 15) is 18.0 Å². The van der Waals surface area contributed by atoms with Crippen molar-refractivity contribution in [3.63, 3.8) is 0 Å². The standard InChI is InChI=1S/C26H27N3O4S/c30-24(27-21-12-3-2-11-20(21)26(31)28-16-4-1-5-17-28)15-8-18-29-22-13-6-9-19-10-7-14-23(25(19)22)34(29,32)33/h2-3,6-7,9-14H,1,4-5,8,15-18H2,(H,27,30). The molecular formula is C26H27N3O4S. The van der Waals surface area contributed by atoms with Gasteiger partial charge in [0.15, 0.2) is 0 Å². The minimum absolute atomic E-state index is 0.0652. The van der Waals surface area contributed by atoms with Crippen molar-refractivity contribution in [2.45, 2.75) is 37.0 Å². The number of amides is 2. The van der Waals surface area contributed by atoms with Crippen molar-refractivity contribution in [1.82, 2.24) is 4.90 Å². The summed E-state index contributed by atoms with van der Waals surface area (Å²) in [4.78, 5) is 27.8. The molecule has 3 aromatic rings. The third kappa shape index (κ3) is 4.03. The number of carbonyl (C=O) groups is 2. The number of carbonyl (C=O) groups excluding carboxylic acids is 2. The molecule has 0 saturated carbocycles. The van der Waals surface area contributed by atoms with Crippen LogP contribution >= 0.6 is 0 Å². The number of nitrogens with one attached hydrogen (secondary N) is 1. The monoisotopic (exact) mass is 477 g/mol. The van der Waals surface area contributed by atoms with Gasteiger partial charge >= 0.3 is 0 Å². The minimum atomic E-state index is -3.63. The third-order valence-corrected chi connectivity index (χ3v) is 8.38. The molecule has 176 valence electrons. The summed E-state index contributed by atoms with van der Waals surface area (Å²) in [5.74, 6) is -0.309. The van der Waals surface area contributed by atoms with Gasteiger partial charge in [-0.25, -0.2) is 8.42 Å². The summed E-state index contributed by atoms with van der Waals surface area (Å²) in [6.07, 6.45) is 3.63. The van der Waals surface area contributed by atoms with Crippen LogP contribution in [0.25, 0.3) is 10.8 Å². The number of hydrogen-bond acceptors (Lipinski definition) is 4. The van der Waals surface area contributed by atoms with Crippen LogP contribution in [0.5, 0.6) is 0 Å². The number of nitrogens with zero attached hydrogens (tertiary/aromatic N) is 2. The molecule has 1 saturated heterocycles. The summed E-state index contributed by atoms with van der Waals surface area (Å²) in [6, 6.07) is 17.9. The van der Waals surface area contributed by atoms with E-state index in [0.29, 0.717) is 28.3 Å². The van der Waals surface area contributed by atoms with Gasteiger partial charge in [0, 0.05) is 31.4 Å². The van der Waals surface area contributed by atoms with E-state index in [1.807, 2.05) is 23.1 Å². The van der Waals surface area contributed by atoms with Crippen LogP contribution in [0.3, 0.4) is 0 Å². The van der Waals surface area contributed by atoms with E-state index in [1.165, 1.54) is 4.31 Å². The van der Waals surface area contributed by atoms with Crippen molar-refractivity contribution in [3.05, 3.63) is 66.2 Å². The molecule has 1 fully saturated rings. The number of para-hydroxylation sites is 1. The van der Waals surface area contributed by atoms with Gasteiger partial charge in [0.05, 0.1) is 21.8 Å². The molecule has 0 unspecified atom stereocenters. The van der Waals surface area contributed by atoms with E-state index in [-0.39, 0.29) is 24.8 Å². The summed E-state index contributed by atoms with van der Waals surface area (Å²) >= 11 is 0. The highest BCUT2D eigenvalue weighted by Gasteiger charge is 2.35. The predicted molar refractivity (Wildman–Crippen MR) is 133 cm³/mol. The Hall–Kier alpha value is -3.39. The first kappa shape index (κ1) is 22.4. The van der Waals surface area contributed by atoms with E-state index >= 15 is 0 Å². The van der Waals surface area contributed by atoms with Crippen LogP contribution < -0.4 is 9.62 Å². The van der Waals surface area contributed by atoms with Crippen molar-refractivity contribution in [1.29, 1.82) is 0 Å². The Labute approximate surface area is 199 Å². The summed E-state index contributed by atoms with van der Waals surface area (Å²) in [5.41, 5.74) is 1.64. The van der Waals surface area contributed by atoms with Gasteiger partial charge in [0.2, 0.25) is 5.91 Å². The largest absolute Gasteiger partial charge is 0.339 e. The maximum Gasteiger partial charge on any atom is 0.265 e. The van der Waals surface area contributed by atoms with Crippen molar-refractivity contribution in [2.24, 2.45) is 0 Å². The highest BCUT2D eigenvalue weighted by atomic mass is 32.2. The van der Waals surface area contributed by atoms with E-state index in [4.69, 9.17) is 0 Å². The quantitative estimate of drug-likeness (QED) is 0.570. The molecule has 2 heterocycles. The molecule has 2 aliphatic heterocycles. The van der Waals surface area contributed by atoms with Gasteiger partial charge in [0.25, 0.3) is 15.9 Å². The smallest absolute Gasteiger partial charge is 0.265 e. The van der Waals surface area contributed by atoms with Gasteiger partial charge in [-0.15, -0.1) is 0 Å². The number of piperidine rings is 1. The average Bonchev–Trinajstić information content (AvgIpc) is 3.08. The van der Waals surface area contributed by atoms with Gasteiger partial charge in [-0.2, -0.15) is 0 Å². The number of hydrogen-bond donors (Lipinski definition) is 1. The first-order valence-electron chi connectivity index (χ1n) is 11.7. The number of rotatable bonds is 6. The molecule has 0 radical (unpaired) electrons. The Morgan fingerprint density at radius 1 is 0.882 bits per heavy atom. The second-order valence-corrected chi connectivity index (χ2v) is 10.6. The summed E-state index contributed by atoms with van der Waals surface area (Å²) in [7, 11) is -3.63. The molecule has 0 spiro atoms. The van der Waals surface area contributed by atoms with Crippen LogP contribution in [0.1, 0.15) is 42.5 Å². The lowest BCUT2D eigenvalue weighted by molar-refractivity contribution is -0.116. The van der Waals surface area contributed by atoms with Gasteiger partial charge in [-0.3, -0.25) is 13.9 Å². The summed E-state index contributed by atoms with van der Waals surface area (Å²) in [5, 5.41) is 4.48. The van der Waals surface area contributed by atoms with Gasteiger partial charge in [-0.05, 0) is 55.3 Å². The molecule has 0 aliphatic carbocycles. The Bertz CT molecular complexity index is 1360. The molecule has 8 heteroatoms. The number of anilines is 2. The molecule has 3 aromatic carbocycles. The fourth-order valence-electron chi connectivity index (χ4n) is 4.84. The van der Waals surface area contributed by atoms with Gasteiger partial charge in [0.1, 0.15) is 0 Å². The van der Waals surface area contributed by atoms with Crippen LogP contribution in [0.15, 0.2) is 65.6 Å². The number of benzene rings is 3. The zero-order valence-corrected chi connectivity index (χ0v) is 19.7. The first-order chi connectivity index (χ1) is 16.5. The molecule has 34 heavy (non-hydrogen) atoms. The lowest BCUT2D eigenvalue weighted by Crippen LogP contribution is -2.36. The maximum absolute atomic E-state index is 13.1. The fraction of sp³-hybridized carbons (Fsp3) is 0.308. The molecule has 0 bridgehead atoms. The molecule has 2 aliphatic rings. The molecule has 1 N–H and O–H groups in total. The van der Waals surface area contributed by atoms with Crippen LogP contribution in [0.2, 0.25) is 0 Å². The highest BCUT2D eigenvalue weighted by molar-refractivity contribution is 7.93. The van der Waals surface area contributed by atoms with Crippen LogP contribution in [0.4, 0.5) is 11.4 Å². The minimum Gasteiger partial charge on any atom is -0.339 e. The van der Waals surface area contributed by atoms with Gasteiger partial charge in [-0.1, -0.05) is 36.4 Å². The highest BCUT2D eigenvalue weighted by Crippen LogP contribution is 2.42. The van der Waals surface area contributed by atoms with Crippen molar-refractivity contribution >= 4 is 44.0 Å². The van der Waals surface area contributed by atoms with Crippen molar-refractivity contribution < 1.29 is 18.0 Å². The molecule has 0 atom stereocenters. The lowest BCUT2D eigenvalue weighted by Gasteiger charge is -2.27. The van der Waals surface area contributed by atoms with Crippen LogP contribution in [-0.2, 0) is 14.8 Å². The van der Waals surface area contributed by atoms with Crippen LogP contribution in [-0.4, -0.2) is 44.8 Å². The maximum atomic E-state index is 13.1. The molecule has 5 rings (SSSR count). The SMILES string of the molecule is O=C(CCCN1c2cccc3cccc(c23)S1(=O)=O)Nc1ccccc1C(=O)N1CCCCC1. The van der Waals surface area contributed by atoms with Gasteiger partial charge < -0.3 is 10.2 Å². The topological polar surface area (TPSA) is 86.8 Å². The lowest BCUT2D eigenvalue weighted by atomic mass is 10.1. The summed E-state index contributed by atoms with van der Waals surface area (Å²) < 4.78 is 27.6. The fourth-order valence-corrected chi connectivity index (χ4v) is 6.59. The third-order valence-electron chi connectivity index (χ3n) is 6.52. The van der Waals surface area contributed by atoms with Crippen molar-refractivity contribution in [2.75, 3.05) is 29.3 Å². The predicted octanol–water partition coefficient (Wildman–Crippen LogP) is 4.39. The summed E-state index contributed by atoms with van der Waals surface area (Å²) in [6.45, 7) is 1.68. The zero-order valence-electron chi connectivity index (χ0n) is 18.9. The van der Waals surface area contributed by atoms with Crippen LogP contribution in [0, 0.1) is 0 Å². The molecule has 7 nitrogen and oxygen atoms in total. The van der Waals surface area contributed by atoms with E-state index in [2.05, 4.69) is 5.32 Å². The van der Waals surface area contributed by atoms with E-state index in [1.54, 1.807) is 42.5 Å². The molecular weight excluding hydrogens is 450 g/mol. The number of sulfonamides is 1. The Kier molecular flexibility index (Phi) is 6.00.